The molecule has 0 unspecified atom stereocenters. The summed E-state index contributed by atoms with van der Waals surface area (Å²) < 4.78 is 0. The van der Waals surface area contributed by atoms with Crippen molar-refractivity contribution in [1.29, 1.82) is 0 Å². The molecule has 3 heteroatoms. The second kappa shape index (κ2) is 8.51. The fourth-order valence-electron chi connectivity index (χ4n) is 4.58. The third-order valence-corrected chi connectivity index (χ3v) is 6.39. The second-order valence-corrected chi connectivity index (χ2v) is 8.92. The highest BCUT2D eigenvalue weighted by atomic mass is 15.0. The minimum atomic E-state index is -0.0240. The van der Waals surface area contributed by atoms with Crippen LogP contribution in [0.5, 0.6) is 0 Å². The standard InChI is InChI=1S/C30H27N3/c1-30(2)26-16-10-9-15-24(26)25-18-17-21(19-27(25)30)20-32-29(23-13-7-4-8-14-23)33-28(31)22-11-5-3-6-12-22/h3-19H,20H2,1-2H3,(H2,31,32,33). The van der Waals surface area contributed by atoms with Crippen molar-refractivity contribution in [2.75, 3.05) is 0 Å². The van der Waals surface area contributed by atoms with Gasteiger partial charge >= 0.3 is 0 Å². The summed E-state index contributed by atoms with van der Waals surface area (Å²) in [7, 11) is 0. The topological polar surface area (TPSA) is 50.7 Å². The van der Waals surface area contributed by atoms with Gasteiger partial charge in [0, 0.05) is 16.5 Å². The van der Waals surface area contributed by atoms with Gasteiger partial charge in [-0.1, -0.05) is 117 Å². The number of benzene rings is 4. The van der Waals surface area contributed by atoms with Crippen LogP contribution in [0.15, 0.2) is 113 Å². The number of fused-ring (bicyclic) bond motifs is 3. The van der Waals surface area contributed by atoms with Gasteiger partial charge in [-0.05, 0) is 27.8 Å². The number of hydrogen-bond donors (Lipinski definition) is 1. The molecular formula is C30H27N3. The highest BCUT2D eigenvalue weighted by Gasteiger charge is 2.34. The fourth-order valence-corrected chi connectivity index (χ4v) is 4.58. The average molecular weight is 430 g/mol. The van der Waals surface area contributed by atoms with Gasteiger partial charge in [0.2, 0.25) is 0 Å². The lowest BCUT2D eigenvalue weighted by molar-refractivity contribution is 0.659. The van der Waals surface area contributed by atoms with Crippen molar-refractivity contribution in [1.82, 2.24) is 0 Å². The lowest BCUT2D eigenvalue weighted by Gasteiger charge is -2.21. The molecule has 0 fully saturated rings. The van der Waals surface area contributed by atoms with E-state index < -0.39 is 0 Å². The van der Waals surface area contributed by atoms with Crippen molar-refractivity contribution in [3.8, 4) is 11.1 Å². The summed E-state index contributed by atoms with van der Waals surface area (Å²) in [6.45, 7) is 5.13. The molecule has 0 saturated heterocycles. The molecule has 0 amide bonds. The van der Waals surface area contributed by atoms with Gasteiger partial charge in [-0.2, -0.15) is 0 Å². The summed E-state index contributed by atoms with van der Waals surface area (Å²) in [5.74, 6) is 1.10. The number of hydrogen-bond acceptors (Lipinski definition) is 1. The van der Waals surface area contributed by atoms with Gasteiger partial charge in [0.1, 0.15) is 5.84 Å². The highest BCUT2D eigenvalue weighted by molar-refractivity contribution is 6.10. The van der Waals surface area contributed by atoms with Gasteiger partial charge < -0.3 is 5.73 Å². The van der Waals surface area contributed by atoms with Gasteiger partial charge in [-0.3, -0.25) is 4.99 Å². The van der Waals surface area contributed by atoms with E-state index >= 15 is 0 Å². The van der Waals surface area contributed by atoms with E-state index in [1.165, 1.54) is 22.3 Å². The zero-order valence-corrected chi connectivity index (χ0v) is 19.0. The van der Waals surface area contributed by atoms with E-state index in [0.717, 1.165) is 16.7 Å². The quantitative estimate of drug-likeness (QED) is 0.298. The van der Waals surface area contributed by atoms with Crippen molar-refractivity contribution in [2.24, 2.45) is 15.7 Å². The van der Waals surface area contributed by atoms with Crippen LogP contribution in [0, 0.1) is 0 Å². The first-order valence-corrected chi connectivity index (χ1v) is 11.3. The Balaban J connectivity index is 1.50. The number of nitrogens with two attached hydrogens (primary N) is 1. The monoisotopic (exact) mass is 429 g/mol. The molecule has 0 radical (unpaired) electrons. The number of amidine groups is 2. The molecule has 5 rings (SSSR count). The maximum absolute atomic E-state index is 6.33. The molecule has 0 aromatic heterocycles. The van der Waals surface area contributed by atoms with Crippen LogP contribution >= 0.6 is 0 Å². The maximum atomic E-state index is 6.33. The third kappa shape index (κ3) is 3.98. The normalized spacial score (nSPS) is 14.6. The van der Waals surface area contributed by atoms with E-state index in [0.29, 0.717) is 18.2 Å². The first-order chi connectivity index (χ1) is 16.0. The van der Waals surface area contributed by atoms with E-state index in [1.54, 1.807) is 0 Å². The first kappa shape index (κ1) is 20.9. The molecule has 2 N–H and O–H groups in total. The van der Waals surface area contributed by atoms with Crippen LogP contribution in [0.25, 0.3) is 11.1 Å². The van der Waals surface area contributed by atoms with Crippen LogP contribution in [-0.4, -0.2) is 11.7 Å². The zero-order chi connectivity index (χ0) is 22.8. The summed E-state index contributed by atoms with van der Waals surface area (Å²) >= 11 is 0. The Morgan fingerprint density at radius 3 is 2.03 bits per heavy atom. The smallest absolute Gasteiger partial charge is 0.157 e. The van der Waals surface area contributed by atoms with Crippen molar-refractivity contribution >= 4 is 11.7 Å². The third-order valence-electron chi connectivity index (χ3n) is 6.39. The molecular weight excluding hydrogens is 402 g/mol. The van der Waals surface area contributed by atoms with Crippen LogP contribution in [0.1, 0.15) is 41.7 Å². The lowest BCUT2D eigenvalue weighted by Crippen LogP contribution is -2.16. The van der Waals surface area contributed by atoms with Gasteiger partial charge in [0.05, 0.1) is 6.54 Å². The number of rotatable bonds is 4. The molecule has 0 spiro atoms. The second-order valence-electron chi connectivity index (χ2n) is 8.92. The molecule has 162 valence electrons. The molecule has 1 aliphatic carbocycles. The average Bonchev–Trinajstić information content (AvgIpc) is 3.09. The molecule has 4 aromatic carbocycles. The predicted molar refractivity (Wildman–Crippen MR) is 138 cm³/mol. The number of aliphatic imine (C=N–C) groups is 2. The molecule has 3 nitrogen and oxygen atoms in total. The highest BCUT2D eigenvalue weighted by Crippen LogP contribution is 2.48. The summed E-state index contributed by atoms with van der Waals surface area (Å²) in [4.78, 5) is 9.61. The Morgan fingerprint density at radius 1 is 0.697 bits per heavy atom. The summed E-state index contributed by atoms with van der Waals surface area (Å²) in [5, 5.41) is 0. The molecule has 1 aliphatic rings. The molecule has 4 aromatic rings. The summed E-state index contributed by atoms with van der Waals surface area (Å²) in [5.41, 5.74) is 14.7. The van der Waals surface area contributed by atoms with Crippen LogP contribution < -0.4 is 5.73 Å². The van der Waals surface area contributed by atoms with Crippen molar-refractivity contribution in [3.05, 3.63) is 131 Å². The van der Waals surface area contributed by atoms with Crippen molar-refractivity contribution in [3.63, 3.8) is 0 Å². The van der Waals surface area contributed by atoms with Crippen LogP contribution in [0.2, 0.25) is 0 Å². The Bertz CT molecular complexity index is 1350. The maximum Gasteiger partial charge on any atom is 0.157 e. The molecule has 33 heavy (non-hydrogen) atoms. The largest absolute Gasteiger partial charge is 0.383 e. The summed E-state index contributed by atoms with van der Waals surface area (Å²) in [6.07, 6.45) is 0. The van der Waals surface area contributed by atoms with Crippen LogP contribution in [0.4, 0.5) is 0 Å². The fraction of sp³-hybridized carbons (Fsp3) is 0.133. The van der Waals surface area contributed by atoms with Crippen molar-refractivity contribution < 1.29 is 0 Å². The Morgan fingerprint density at radius 2 is 1.30 bits per heavy atom. The first-order valence-electron chi connectivity index (χ1n) is 11.3. The van der Waals surface area contributed by atoms with Gasteiger partial charge in [-0.15, -0.1) is 0 Å². The minimum absolute atomic E-state index is 0.0240. The predicted octanol–water partition coefficient (Wildman–Crippen LogP) is 6.35. The van der Waals surface area contributed by atoms with E-state index in [2.05, 4.69) is 56.3 Å². The number of nitrogens with zero attached hydrogens (tertiary/aromatic N) is 2. The van der Waals surface area contributed by atoms with Gasteiger partial charge in [0.25, 0.3) is 0 Å². The van der Waals surface area contributed by atoms with Crippen molar-refractivity contribution in [2.45, 2.75) is 25.8 Å². The molecule has 0 atom stereocenters. The Kier molecular flexibility index (Phi) is 5.39. The van der Waals surface area contributed by atoms with Gasteiger partial charge in [0.15, 0.2) is 5.84 Å². The summed E-state index contributed by atoms with van der Waals surface area (Å²) in [6, 6.07) is 35.2. The van der Waals surface area contributed by atoms with E-state index in [4.69, 9.17) is 15.7 Å². The molecule has 0 bridgehead atoms. The molecule has 0 heterocycles. The van der Waals surface area contributed by atoms with Crippen LogP contribution in [-0.2, 0) is 12.0 Å². The van der Waals surface area contributed by atoms with Crippen LogP contribution in [0.3, 0.4) is 0 Å². The lowest BCUT2D eigenvalue weighted by atomic mass is 9.82. The SMILES string of the molecule is CC1(C)c2ccccc2-c2ccc(CN=C(N=C(N)c3ccccc3)c3ccccc3)cc21. The minimum Gasteiger partial charge on any atom is -0.383 e. The van der Waals surface area contributed by atoms with E-state index in [1.807, 2.05) is 60.7 Å². The molecule has 0 saturated carbocycles. The van der Waals surface area contributed by atoms with E-state index in [-0.39, 0.29) is 5.41 Å². The molecule has 0 aliphatic heterocycles. The van der Waals surface area contributed by atoms with Gasteiger partial charge in [-0.25, -0.2) is 4.99 Å². The van der Waals surface area contributed by atoms with E-state index in [9.17, 15) is 0 Å². The Hall–Kier alpha value is -3.98. The zero-order valence-electron chi connectivity index (χ0n) is 19.0. The Labute approximate surface area is 195 Å².